The fourth-order valence-electron chi connectivity index (χ4n) is 2.23. The van der Waals surface area contributed by atoms with Gasteiger partial charge in [0.1, 0.15) is 5.75 Å². The van der Waals surface area contributed by atoms with Crippen molar-refractivity contribution in [3.05, 3.63) is 28.8 Å². The van der Waals surface area contributed by atoms with E-state index in [2.05, 4.69) is 4.90 Å². The number of aliphatic hydroxyl groups excluding tert-OH is 1. The zero-order valence-corrected chi connectivity index (χ0v) is 12.2. The zero-order valence-electron chi connectivity index (χ0n) is 11.5. The minimum Gasteiger partial charge on any atom is -0.494 e. The van der Waals surface area contributed by atoms with Gasteiger partial charge in [0.25, 0.3) is 0 Å². The Bertz CT molecular complexity index is 382. The van der Waals surface area contributed by atoms with Gasteiger partial charge in [-0.25, -0.2) is 0 Å². The third kappa shape index (κ3) is 3.61. The van der Waals surface area contributed by atoms with Crippen molar-refractivity contribution in [1.29, 1.82) is 0 Å². The fraction of sp³-hybridized carbons (Fsp3) is 0.571. The molecule has 0 saturated carbocycles. The van der Waals surface area contributed by atoms with Crippen LogP contribution in [-0.2, 0) is 0 Å². The van der Waals surface area contributed by atoms with Gasteiger partial charge in [-0.3, -0.25) is 0 Å². The Labute approximate surface area is 114 Å². The van der Waals surface area contributed by atoms with Gasteiger partial charge in [0.05, 0.1) is 6.61 Å². The molecule has 102 valence electrons. The molecule has 0 aliphatic rings. The van der Waals surface area contributed by atoms with Gasteiger partial charge in [0.2, 0.25) is 0 Å². The van der Waals surface area contributed by atoms with Crippen LogP contribution in [0.2, 0.25) is 5.02 Å². The molecule has 0 spiro atoms. The van der Waals surface area contributed by atoms with E-state index in [1.54, 1.807) is 0 Å². The first-order valence-corrected chi connectivity index (χ1v) is 6.58. The van der Waals surface area contributed by atoms with Crippen molar-refractivity contribution >= 4 is 11.6 Å². The molecule has 1 aromatic rings. The summed E-state index contributed by atoms with van der Waals surface area (Å²) in [6.07, 6.45) is 0. The van der Waals surface area contributed by atoms with Crippen LogP contribution in [0.25, 0.3) is 0 Å². The summed E-state index contributed by atoms with van der Waals surface area (Å²) in [4.78, 5) is 2.08. The summed E-state index contributed by atoms with van der Waals surface area (Å²) in [7, 11) is 3.99. The molecule has 18 heavy (non-hydrogen) atoms. The van der Waals surface area contributed by atoms with Crippen molar-refractivity contribution in [2.45, 2.75) is 19.9 Å². The standard InChI is InChI=1S/C14H22ClNO2/c1-5-18-13-7-6-11(15)8-12(13)14(16(3)4)10(2)9-17/h6-8,10,14,17H,5,9H2,1-4H3. The van der Waals surface area contributed by atoms with E-state index >= 15 is 0 Å². The number of hydrogen-bond acceptors (Lipinski definition) is 3. The molecule has 0 radical (unpaired) electrons. The molecule has 1 N–H and O–H groups in total. The largest absolute Gasteiger partial charge is 0.494 e. The van der Waals surface area contributed by atoms with E-state index in [-0.39, 0.29) is 18.6 Å². The Morgan fingerprint density at radius 2 is 2.06 bits per heavy atom. The molecule has 0 bridgehead atoms. The lowest BCUT2D eigenvalue weighted by Gasteiger charge is -2.31. The van der Waals surface area contributed by atoms with E-state index < -0.39 is 0 Å². The monoisotopic (exact) mass is 271 g/mol. The van der Waals surface area contributed by atoms with Gasteiger partial charge < -0.3 is 14.7 Å². The molecule has 0 aliphatic carbocycles. The number of nitrogens with zero attached hydrogens (tertiary/aromatic N) is 1. The molecule has 4 heteroatoms. The summed E-state index contributed by atoms with van der Waals surface area (Å²) in [5.41, 5.74) is 1.02. The Kier molecular flexibility index (Phi) is 5.93. The highest BCUT2D eigenvalue weighted by molar-refractivity contribution is 6.30. The SMILES string of the molecule is CCOc1ccc(Cl)cc1C(C(C)CO)N(C)C. The van der Waals surface area contributed by atoms with Crippen LogP contribution < -0.4 is 4.74 Å². The molecule has 1 rings (SSSR count). The molecule has 0 saturated heterocycles. The van der Waals surface area contributed by atoms with Crippen LogP contribution in [0.1, 0.15) is 25.5 Å². The molecule has 0 aliphatic heterocycles. The van der Waals surface area contributed by atoms with Crippen molar-refractivity contribution in [3.63, 3.8) is 0 Å². The number of hydrogen-bond donors (Lipinski definition) is 1. The first-order valence-electron chi connectivity index (χ1n) is 6.20. The van der Waals surface area contributed by atoms with Crippen LogP contribution in [0.5, 0.6) is 5.75 Å². The van der Waals surface area contributed by atoms with Crippen LogP contribution in [0.4, 0.5) is 0 Å². The summed E-state index contributed by atoms with van der Waals surface area (Å²) in [6, 6.07) is 5.72. The quantitative estimate of drug-likeness (QED) is 0.863. The van der Waals surface area contributed by atoms with E-state index in [0.717, 1.165) is 11.3 Å². The molecule has 2 atom stereocenters. The van der Waals surface area contributed by atoms with Crippen LogP contribution in [-0.4, -0.2) is 37.3 Å². The average molecular weight is 272 g/mol. The van der Waals surface area contributed by atoms with Gasteiger partial charge in [0.15, 0.2) is 0 Å². The number of aliphatic hydroxyl groups is 1. The third-order valence-corrected chi connectivity index (χ3v) is 3.21. The van der Waals surface area contributed by atoms with Gasteiger partial charge in [-0.15, -0.1) is 0 Å². The Morgan fingerprint density at radius 3 is 2.56 bits per heavy atom. The Morgan fingerprint density at radius 1 is 1.39 bits per heavy atom. The maximum Gasteiger partial charge on any atom is 0.124 e. The molecule has 0 fully saturated rings. The van der Waals surface area contributed by atoms with E-state index in [0.29, 0.717) is 11.6 Å². The van der Waals surface area contributed by atoms with Crippen molar-refractivity contribution in [3.8, 4) is 5.75 Å². The molecule has 0 heterocycles. The van der Waals surface area contributed by atoms with Gasteiger partial charge in [-0.1, -0.05) is 18.5 Å². The van der Waals surface area contributed by atoms with Gasteiger partial charge >= 0.3 is 0 Å². The van der Waals surface area contributed by atoms with Gasteiger partial charge in [-0.2, -0.15) is 0 Å². The molecule has 0 amide bonds. The average Bonchev–Trinajstić information content (AvgIpc) is 2.32. The van der Waals surface area contributed by atoms with Crippen molar-refractivity contribution in [2.75, 3.05) is 27.3 Å². The summed E-state index contributed by atoms with van der Waals surface area (Å²) < 4.78 is 5.65. The Balaban J connectivity index is 3.20. The van der Waals surface area contributed by atoms with Crippen LogP contribution in [0.3, 0.4) is 0 Å². The summed E-state index contributed by atoms with van der Waals surface area (Å²) in [5.74, 6) is 0.943. The number of rotatable bonds is 6. The Hall–Kier alpha value is -0.770. The zero-order chi connectivity index (χ0) is 13.7. The minimum atomic E-state index is 0.0789. The van der Waals surface area contributed by atoms with Crippen molar-refractivity contribution in [1.82, 2.24) is 4.90 Å². The molecular formula is C14H22ClNO2. The lowest BCUT2D eigenvalue weighted by molar-refractivity contribution is 0.143. The van der Waals surface area contributed by atoms with Crippen molar-refractivity contribution < 1.29 is 9.84 Å². The van der Waals surface area contributed by atoms with Gasteiger partial charge in [0, 0.05) is 23.2 Å². The molecule has 0 aromatic heterocycles. The minimum absolute atomic E-state index is 0.0789. The topological polar surface area (TPSA) is 32.7 Å². The highest BCUT2D eigenvalue weighted by Gasteiger charge is 2.24. The number of benzene rings is 1. The maximum absolute atomic E-state index is 9.41. The highest BCUT2D eigenvalue weighted by atomic mass is 35.5. The summed E-state index contributed by atoms with van der Waals surface area (Å²) >= 11 is 6.08. The second-order valence-electron chi connectivity index (χ2n) is 4.68. The summed E-state index contributed by atoms with van der Waals surface area (Å²) in [6.45, 7) is 4.71. The summed E-state index contributed by atoms with van der Waals surface area (Å²) in [5, 5.41) is 10.1. The van der Waals surface area contributed by atoms with Gasteiger partial charge in [-0.05, 0) is 45.1 Å². The van der Waals surface area contributed by atoms with Crippen LogP contribution in [0.15, 0.2) is 18.2 Å². The molecular weight excluding hydrogens is 250 g/mol. The fourth-order valence-corrected chi connectivity index (χ4v) is 2.41. The smallest absolute Gasteiger partial charge is 0.124 e. The number of halogens is 1. The first-order chi connectivity index (χ1) is 8.51. The predicted molar refractivity (Wildman–Crippen MR) is 75.3 cm³/mol. The molecule has 1 aromatic carbocycles. The van der Waals surface area contributed by atoms with E-state index in [4.69, 9.17) is 16.3 Å². The highest BCUT2D eigenvalue weighted by Crippen LogP contribution is 2.35. The van der Waals surface area contributed by atoms with E-state index in [1.165, 1.54) is 0 Å². The van der Waals surface area contributed by atoms with Crippen LogP contribution in [0, 0.1) is 5.92 Å². The molecule has 3 nitrogen and oxygen atoms in total. The second kappa shape index (κ2) is 6.98. The maximum atomic E-state index is 9.41. The number of ether oxygens (including phenoxy) is 1. The lowest BCUT2D eigenvalue weighted by atomic mass is 9.93. The van der Waals surface area contributed by atoms with E-state index in [9.17, 15) is 5.11 Å². The normalized spacial score (nSPS) is 14.6. The lowest BCUT2D eigenvalue weighted by Crippen LogP contribution is -2.28. The second-order valence-corrected chi connectivity index (χ2v) is 5.12. The van der Waals surface area contributed by atoms with Crippen LogP contribution >= 0.6 is 11.6 Å². The third-order valence-electron chi connectivity index (χ3n) is 2.97. The van der Waals surface area contributed by atoms with Crippen molar-refractivity contribution in [2.24, 2.45) is 5.92 Å². The first kappa shape index (κ1) is 15.3. The predicted octanol–water partition coefficient (Wildman–Crippen LogP) is 2.97. The van der Waals surface area contributed by atoms with E-state index in [1.807, 2.05) is 46.1 Å². The molecule has 2 unspecified atom stereocenters.